The molecule has 0 radical (unpaired) electrons. The minimum absolute atomic E-state index is 0.124. The Bertz CT molecular complexity index is 401. The number of allylic oxidation sites excluding steroid dienone is 2. The molecule has 5 nitrogen and oxygen atoms in total. The topological polar surface area (TPSA) is 65.0 Å². The molecule has 1 aliphatic heterocycles. The monoisotopic (exact) mass is 296 g/mol. The van der Waals surface area contributed by atoms with Crippen molar-refractivity contribution in [2.45, 2.75) is 38.4 Å². The fourth-order valence-electron chi connectivity index (χ4n) is 2.49. The Morgan fingerprint density at radius 3 is 3.10 bits per heavy atom. The lowest BCUT2D eigenvalue weighted by atomic mass is 9.91. The van der Waals surface area contributed by atoms with Crippen LogP contribution in [0.15, 0.2) is 23.8 Å². The summed E-state index contributed by atoms with van der Waals surface area (Å²) in [5.74, 6) is -0.637. The third-order valence-electron chi connectivity index (χ3n) is 3.72. The molecule has 0 aromatic carbocycles. The number of carboxylic acids is 1. The third-order valence-corrected chi connectivity index (χ3v) is 3.72. The second-order valence-electron chi connectivity index (χ2n) is 5.51. The molecule has 3 atom stereocenters. The van der Waals surface area contributed by atoms with Gasteiger partial charge in [0, 0.05) is 12.5 Å². The maximum Gasteiger partial charge on any atom is 0.335 e. The average Bonchev–Trinajstić information content (AvgIpc) is 2.52. The predicted octanol–water partition coefficient (Wildman–Crippen LogP) is 2.17. The minimum Gasteiger partial charge on any atom is -0.479 e. The van der Waals surface area contributed by atoms with Crippen molar-refractivity contribution in [3.8, 4) is 0 Å². The first-order chi connectivity index (χ1) is 10.2. The fraction of sp³-hybridized carbons (Fsp3) is 0.688. The molecule has 2 aliphatic rings. The molecule has 0 saturated carbocycles. The van der Waals surface area contributed by atoms with Crippen LogP contribution in [0, 0.1) is 5.92 Å². The third kappa shape index (κ3) is 4.95. The van der Waals surface area contributed by atoms with Crippen molar-refractivity contribution in [3.63, 3.8) is 0 Å². The van der Waals surface area contributed by atoms with Crippen LogP contribution in [0.2, 0.25) is 0 Å². The Morgan fingerprint density at radius 2 is 2.33 bits per heavy atom. The number of rotatable bonds is 7. The number of carbonyl (C=O) groups is 1. The summed E-state index contributed by atoms with van der Waals surface area (Å²) in [4.78, 5) is 11.0. The molecular formula is C16H24O5. The SMILES string of the molecule is CCCCOCC1C=CC=C(C2COCC(C(=O)O)O2)C1. The van der Waals surface area contributed by atoms with Gasteiger partial charge in [-0.05, 0) is 18.4 Å². The van der Waals surface area contributed by atoms with E-state index in [1.807, 2.05) is 12.2 Å². The lowest BCUT2D eigenvalue weighted by Gasteiger charge is -2.31. The Hall–Kier alpha value is -1.17. The molecular weight excluding hydrogens is 272 g/mol. The molecule has 0 aromatic rings. The number of hydrogen-bond donors (Lipinski definition) is 1. The van der Waals surface area contributed by atoms with Gasteiger partial charge in [-0.25, -0.2) is 4.79 Å². The quantitative estimate of drug-likeness (QED) is 0.729. The summed E-state index contributed by atoms with van der Waals surface area (Å²) in [6.45, 7) is 4.18. The van der Waals surface area contributed by atoms with Crippen LogP contribution < -0.4 is 0 Å². The maximum atomic E-state index is 11.0. The van der Waals surface area contributed by atoms with Gasteiger partial charge in [-0.3, -0.25) is 0 Å². The first-order valence-corrected chi connectivity index (χ1v) is 7.61. The van der Waals surface area contributed by atoms with E-state index in [4.69, 9.17) is 19.3 Å². The van der Waals surface area contributed by atoms with Crippen molar-refractivity contribution in [1.29, 1.82) is 0 Å². The highest BCUT2D eigenvalue weighted by Gasteiger charge is 2.31. The molecule has 0 amide bonds. The van der Waals surface area contributed by atoms with E-state index in [0.29, 0.717) is 19.1 Å². The van der Waals surface area contributed by atoms with Crippen LogP contribution >= 0.6 is 0 Å². The summed E-state index contributed by atoms with van der Waals surface area (Å²) in [5, 5.41) is 9.01. The first kappa shape index (κ1) is 16.2. The Labute approximate surface area is 125 Å². The Balaban J connectivity index is 1.82. The van der Waals surface area contributed by atoms with Gasteiger partial charge in [0.2, 0.25) is 0 Å². The van der Waals surface area contributed by atoms with Crippen LogP contribution in [-0.4, -0.2) is 49.7 Å². The summed E-state index contributed by atoms with van der Waals surface area (Å²) >= 11 is 0. The molecule has 1 N–H and O–H groups in total. The predicted molar refractivity (Wildman–Crippen MR) is 78.2 cm³/mol. The zero-order valence-corrected chi connectivity index (χ0v) is 12.5. The molecule has 0 spiro atoms. The van der Waals surface area contributed by atoms with E-state index in [2.05, 4.69) is 13.0 Å². The van der Waals surface area contributed by atoms with Crippen LogP contribution in [0.3, 0.4) is 0 Å². The maximum absolute atomic E-state index is 11.0. The standard InChI is InChI=1S/C16H24O5/c1-2-3-7-19-9-12-5-4-6-13(8-12)14-10-20-11-15(21-14)16(17)18/h4-6,12,14-15H,2-3,7-11H2,1H3,(H,17,18). The van der Waals surface area contributed by atoms with Crippen LogP contribution in [0.25, 0.3) is 0 Å². The van der Waals surface area contributed by atoms with E-state index in [1.54, 1.807) is 0 Å². The van der Waals surface area contributed by atoms with E-state index in [9.17, 15) is 4.79 Å². The first-order valence-electron chi connectivity index (χ1n) is 7.61. The second kappa shape index (κ2) is 8.32. The van der Waals surface area contributed by atoms with Crippen molar-refractivity contribution in [2.75, 3.05) is 26.4 Å². The van der Waals surface area contributed by atoms with E-state index < -0.39 is 12.1 Å². The van der Waals surface area contributed by atoms with Crippen LogP contribution in [0.5, 0.6) is 0 Å². The zero-order valence-electron chi connectivity index (χ0n) is 12.5. The van der Waals surface area contributed by atoms with Gasteiger partial charge in [-0.15, -0.1) is 0 Å². The Morgan fingerprint density at radius 1 is 1.48 bits per heavy atom. The van der Waals surface area contributed by atoms with Crippen molar-refractivity contribution >= 4 is 5.97 Å². The summed E-state index contributed by atoms with van der Waals surface area (Å²) in [6, 6.07) is 0. The molecule has 118 valence electrons. The lowest BCUT2D eigenvalue weighted by molar-refractivity contribution is -0.173. The van der Waals surface area contributed by atoms with Gasteiger partial charge in [0.15, 0.2) is 6.10 Å². The molecule has 2 rings (SSSR count). The summed E-state index contributed by atoms with van der Waals surface area (Å²) in [7, 11) is 0. The largest absolute Gasteiger partial charge is 0.479 e. The average molecular weight is 296 g/mol. The molecule has 0 aromatic heterocycles. The van der Waals surface area contributed by atoms with Crippen LogP contribution in [0.1, 0.15) is 26.2 Å². The smallest absolute Gasteiger partial charge is 0.335 e. The summed E-state index contributed by atoms with van der Waals surface area (Å²) < 4.78 is 16.6. The highest BCUT2D eigenvalue weighted by atomic mass is 16.6. The Kier molecular flexibility index (Phi) is 6.42. The molecule has 21 heavy (non-hydrogen) atoms. The van der Waals surface area contributed by atoms with E-state index >= 15 is 0 Å². The second-order valence-corrected chi connectivity index (χ2v) is 5.51. The normalized spacial score (nSPS) is 29.2. The zero-order chi connectivity index (χ0) is 15.1. The highest BCUT2D eigenvalue weighted by Crippen LogP contribution is 2.26. The molecule has 1 fully saturated rings. The van der Waals surface area contributed by atoms with Gasteiger partial charge in [-0.1, -0.05) is 31.6 Å². The van der Waals surface area contributed by atoms with E-state index in [1.165, 1.54) is 0 Å². The summed E-state index contributed by atoms with van der Waals surface area (Å²) in [5.41, 5.74) is 1.09. The van der Waals surface area contributed by atoms with Crippen molar-refractivity contribution in [3.05, 3.63) is 23.8 Å². The van der Waals surface area contributed by atoms with Gasteiger partial charge in [0.05, 0.1) is 19.8 Å². The van der Waals surface area contributed by atoms with Gasteiger partial charge in [-0.2, -0.15) is 0 Å². The summed E-state index contributed by atoms with van der Waals surface area (Å²) in [6.07, 6.45) is 8.06. The molecule has 5 heteroatoms. The van der Waals surface area contributed by atoms with Crippen LogP contribution in [-0.2, 0) is 19.0 Å². The van der Waals surface area contributed by atoms with Crippen molar-refractivity contribution < 1.29 is 24.1 Å². The number of ether oxygens (including phenoxy) is 3. The molecule has 1 heterocycles. The van der Waals surface area contributed by atoms with Gasteiger partial charge < -0.3 is 19.3 Å². The molecule has 3 unspecified atom stereocenters. The van der Waals surface area contributed by atoms with Gasteiger partial charge >= 0.3 is 5.97 Å². The highest BCUT2D eigenvalue weighted by molar-refractivity contribution is 5.72. The van der Waals surface area contributed by atoms with E-state index in [-0.39, 0.29) is 12.7 Å². The van der Waals surface area contributed by atoms with E-state index in [0.717, 1.165) is 31.4 Å². The van der Waals surface area contributed by atoms with Crippen LogP contribution in [0.4, 0.5) is 0 Å². The van der Waals surface area contributed by atoms with Gasteiger partial charge in [0.25, 0.3) is 0 Å². The number of unbranched alkanes of at least 4 members (excludes halogenated alkanes) is 1. The minimum atomic E-state index is -0.967. The molecule has 1 aliphatic carbocycles. The molecule has 0 bridgehead atoms. The van der Waals surface area contributed by atoms with Crippen molar-refractivity contribution in [2.24, 2.45) is 5.92 Å². The fourth-order valence-corrected chi connectivity index (χ4v) is 2.49. The number of hydrogen-bond acceptors (Lipinski definition) is 4. The number of carboxylic acid groups (broad SMARTS) is 1. The van der Waals surface area contributed by atoms with Gasteiger partial charge in [0.1, 0.15) is 6.10 Å². The lowest BCUT2D eigenvalue weighted by Crippen LogP contribution is -2.42. The molecule has 1 saturated heterocycles. The van der Waals surface area contributed by atoms with Crippen molar-refractivity contribution in [1.82, 2.24) is 0 Å². The number of aliphatic carboxylic acids is 1.